The van der Waals surface area contributed by atoms with Gasteiger partial charge in [0.25, 0.3) is 0 Å². The molecule has 19 heavy (non-hydrogen) atoms. The van der Waals surface area contributed by atoms with Gasteiger partial charge in [0.1, 0.15) is 5.82 Å². The molecule has 1 aromatic rings. The molecule has 5 heteroatoms. The number of nitrogens with two attached hydrogens (primary N) is 1. The molecule has 1 aliphatic rings. The highest BCUT2D eigenvalue weighted by Gasteiger charge is 2.24. The molecule has 2 rings (SSSR count). The first-order valence-electron chi connectivity index (χ1n) is 6.36. The average molecular weight is 264 g/mol. The second kappa shape index (κ2) is 5.93. The molecule has 4 nitrogen and oxygen atoms in total. The Bertz CT molecular complexity index is 465. The summed E-state index contributed by atoms with van der Waals surface area (Å²) in [4.78, 5) is 25.0. The molecule has 0 spiro atoms. The first kappa shape index (κ1) is 13.7. The smallest absolute Gasteiger partial charge is 0.220 e. The number of carbonyl (C=O) groups is 2. The summed E-state index contributed by atoms with van der Waals surface area (Å²) in [6, 6.07) is 5.56. The molecule has 1 saturated heterocycles. The van der Waals surface area contributed by atoms with Crippen molar-refractivity contribution >= 4 is 11.7 Å². The largest absolute Gasteiger partial charge is 0.369 e. The quantitative estimate of drug-likeness (QED) is 0.831. The number of ketones is 1. The summed E-state index contributed by atoms with van der Waals surface area (Å²) in [5, 5.41) is 0. The molecule has 1 heterocycles. The van der Waals surface area contributed by atoms with Crippen LogP contribution in [0.3, 0.4) is 0 Å². The van der Waals surface area contributed by atoms with E-state index in [0.29, 0.717) is 38.0 Å². The normalized spacial score (nSPS) is 17.3. The zero-order chi connectivity index (χ0) is 13.8. The van der Waals surface area contributed by atoms with Crippen molar-refractivity contribution in [2.24, 2.45) is 11.7 Å². The molecule has 0 bridgehead atoms. The van der Waals surface area contributed by atoms with Crippen LogP contribution in [-0.4, -0.2) is 36.2 Å². The fourth-order valence-electron chi connectivity index (χ4n) is 2.31. The Morgan fingerprint density at radius 1 is 1.21 bits per heavy atom. The highest BCUT2D eigenvalue weighted by atomic mass is 19.1. The minimum atomic E-state index is -0.348. The van der Waals surface area contributed by atoms with Gasteiger partial charge in [0.15, 0.2) is 5.78 Å². The summed E-state index contributed by atoms with van der Waals surface area (Å²) in [6.45, 7) is 1.69. The number of hydrogen-bond acceptors (Lipinski definition) is 3. The minimum absolute atomic E-state index is 0.0301. The van der Waals surface area contributed by atoms with Crippen LogP contribution in [0.1, 0.15) is 23.2 Å². The van der Waals surface area contributed by atoms with Crippen molar-refractivity contribution in [3.05, 3.63) is 35.6 Å². The Kier molecular flexibility index (Phi) is 4.27. The summed E-state index contributed by atoms with van der Waals surface area (Å²) in [5.74, 6) is -0.710. The van der Waals surface area contributed by atoms with Crippen molar-refractivity contribution in [3.63, 3.8) is 0 Å². The van der Waals surface area contributed by atoms with Crippen LogP contribution in [0.4, 0.5) is 4.39 Å². The monoisotopic (exact) mass is 264 g/mol. The summed E-state index contributed by atoms with van der Waals surface area (Å²) >= 11 is 0. The molecule has 0 atom stereocenters. The van der Waals surface area contributed by atoms with Crippen molar-refractivity contribution in [2.45, 2.75) is 12.8 Å². The first-order chi connectivity index (χ1) is 9.06. The zero-order valence-electron chi connectivity index (χ0n) is 10.6. The zero-order valence-corrected chi connectivity index (χ0v) is 10.6. The van der Waals surface area contributed by atoms with Crippen LogP contribution in [0, 0.1) is 11.7 Å². The van der Waals surface area contributed by atoms with Gasteiger partial charge < -0.3 is 5.73 Å². The van der Waals surface area contributed by atoms with Crippen LogP contribution < -0.4 is 5.73 Å². The number of nitrogens with zero attached hydrogens (tertiary/aromatic N) is 1. The van der Waals surface area contributed by atoms with E-state index in [9.17, 15) is 14.0 Å². The molecular weight excluding hydrogens is 247 g/mol. The van der Waals surface area contributed by atoms with E-state index in [2.05, 4.69) is 0 Å². The van der Waals surface area contributed by atoms with Crippen molar-refractivity contribution in [2.75, 3.05) is 19.6 Å². The van der Waals surface area contributed by atoms with Crippen LogP contribution in [0.25, 0.3) is 0 Å². The number of carbonyl (C=O) groups excluding carboxylic acids is 2. The summed E-state index contributed by atoms with van der Waals surface area (Å²) in [5.41, 5.74) is 5.77. The lowest BCUT2D eigenvalue weighted by Gasteiger charge is -2.29. The third-order valence-corrected chi connectivity index (χ3v) is 3.52. The van der Waals surface area contributed by atoms with Crippen LogP contribution in [0.5, 0.6) is 0 Å². The van der Waals surface area contributed by atoms with Gasteiger partial charge >= 0.3 is 0 Å². The maximum atomic E-state index is 12.8. The highest BCUT2D eigenvalue weighted by molar-refractivity contribution is 5.97. The van der Waals surface area contributed by atoms with Crippen LogP contribution in [0.2, 0.25) is 0 Å². The lowest BCUT2D eigenvalue weighted by molar-refractivity contribution is -0.123. The van der Waals surface area contributed by atoms with E-state index in [1.54, 1.807) is 0 Å². The number of rotatable bonds is 4. The second-order valence-electron chi connectivity index (χ2n) is 4.88. The van der Waals surface area contributed by atoms with Gasteiger partial charge in [0, 0.05) is 11.5 Å². The molecule has 1 fully saturated rings. The molecular formula is C14H17FN2O2. The molecule has 0 saturated carbocycles. The van der Waals surface area contributed by atoms with Crippen molar-refractivity contribution in [1.82, 2.24) is 4.90 Å². The highest BCUT2D eigenvalue weighted by Crippen LogP contribution is 2.17. The number of likely N-dealkylation sites (tertiary alicyclic amines) is 1. The van der Waals surface area contributed by atoms with E-state index in [0.717, 1.165) is 0 Å². The van der Waals surface area contributed by atoms with E-state index in [1.165, 1.54) is 24.3 Å². The summed E-state index contributed by atoms with van der Waals surface area (Å²) < 4.78 is 12.8. The van der Waals surface area contributed by atoms with E-state index in [-0.39, 0.29) is 23.4 Å². The molecule has 2 N–H and O–H groups in total. The van der Waals surface area contributed by atoms with Gasteiger partial charge in [-0.1, -0.05) is 0 Å². The van der Waals surface area contributed by atoms with E-state index >= 15 is 0 Å². The Morgan fingerprint density at radius 2 is 1.79 bits per heavy atom. The van der Waals surface area contributed by atoms with Crippen LogP contribution >= 0.6 is 0 Å². The SMILES string of the molecule is NC(=O)C1CCN(CC(=O)c2ccc(F)cc2)CC1. The minimum Gasteiger partial charge on any atom is -0.369 e. The van der Waals surface area contributed by atoms with Gasteiger partial charge in [-0.25, -0.2) is 4.39 Å². The van der Waals surface area contributed by atoms with E-state index in [4.69, 9.17) is 5.73 Å². The molecule has 0 aliphatic carbocycles. The second-order valence-corrected chi connectivity index (χ2v) is 4.88. The molecule has 102 valence electrons. The lowest BCUT2D eigenvalue weighted by Crippen LogP contribution is -2.40. The Balaban J connectivity index is 1.87. The van der Waals surface area contributed by atoms with Crippen LogP contribution in [0.15, 0.2) is 24.3 Å². The van der Waals surface area contributed by atoms with Crippen molar-refractivity contribution < 1.29 is 14.0 Å². The number of piperidine rings is 1. The third-order valence-electron chi connectivity index (χ3n) is 3.52. The Labute approximate surface area is 111 Å². The standard InChI is InChI=1S/C14H17FN2O2/c15-12-3-1-10(2-4-12)13(18)9-17-7-5-11(6-8-17)14(16)19/h1-4,11H,5-9H2,(H2,16,19). The third kappa shape index (κ3) is 3.61. The number of halogens is 1. The number of Topliss-reactive ketones (excluding diaryl/α,β-unsaturated/α-hetero) is 1. The number of benzene rings is 1. The first-order valence-corrected chi connectivity index (χ1v) is 6.36. The van der Waals surface area contributed by atoms with Gasteiger partial charge in [-0.3, -0.25) is 14.5 Å². The predicted molar refractivity (Wildman–Crippen MR) is 69.1 cm³/mol. The number of primary amides is 1. The van der Waals surface area contributed by atoms with Gasteiger partial charge in [0.2, 0.25) is 5.91 Å². The topological polar surface area (TPSA) is 63.4 Å². The van der Waals surface area contributed by atoms with E-state index in [1.807, 2.05) is 4.90 Å². The van der Waals surface area contributed by atoms with E-state index < -0.39 is 0 Å². The number of amides is 1. The van der Waals surface area contributed by atoms with Gasteiger partial charge in [-0.2, -0.15) is 0 Å². The van der Waals surface area contributed by atoms with Crippen LogP contribution in [-0.2, 0) is 4.79 Å². The fraction of sp³-hybridized carbons (Fsp3) is 0.429. The Morgan fingerprint density at radius 3 is 2.32 bits per heavy atom. The number of hydrogen-bond donors (Lipinski definition) is 1. The average Bonchev–Trinajstić information content (AvgIpc) is 2.40. The molecule has 1 amide bonds. The molecule has 1 aromatic carbocycles. The predicted octanol–water partition coefficient (Wildman–Crippen LogP) is 1.21. The Hall–Kier alpha value is -1.75. The maximum absolute atomic E-state index is 12.8. The molecule has 0 radical (unpaired) electrons. The molecule has 1 aliphatic heterocycles. The van der Waals surface area contributed by atoms with Gasteiger partial charge in [-0.05, 0) is 50.2 Å². The van der Waals surface area contributed by atoms with Crippen molar-refractivity contribution in [3.8, 4) is 0 Å². The van der Waals surface area contributed by atoms with Gasteiger partial charge in [-0.15, -0.1) is 0 Å². The fourth-order valence-corrected chi connectivity index (χ4v) is 2.31. The summed E-state index contributed by atoms with van der Waals surface area (Å²) in [7, 11) is 0. The lowest BCUT2D eigenvalue weighted by atomic mass is 9.96. The molecule has 0 aromatic heterocycles. The van der Waals surface area contributed by atoms with Crippen molar-refractivity contribution in [1.29, 1.82) is 0 Å². The summed E-state index contributed by atoms with van der Waals surface area (Å²) in [6.07, 6.45) is 1.40. The molecule has 0 unspecified atom stereocenters. The maximum Gasteiger partial charge on any atom is 0.220 e. The van der Waals surface area contributed by atoms with Gasteiger partial charge in [0.05, 0.1) is 6.54 Å².